The summed E-state index contributed by atoms with van der Waals surface area (Å²) in [5.41, 5.74) is 0.504. The van der Waals surface area contributed by atoms with Gasteiger partial charge < -0.3 is 4.74 Å². The fourth-order valence-corrected chi connectivity index (χ4v) is 3.21. The van der Waals surface area contributed by atoms with Gasteiger partial charge in [0.2, 0.25) is 0 Å². The third kappa shape index (κ3) is 1.56. The van der Waals surface area contributed by atoms with Gasteiger partial charge in [-0.15, -0.1) is 0 Å². The van der Waals surface area contributed by atoms with Crippen LogP contribution in [-0.2, 0) is 4.74 Å². The molecule has 0 aromatic heterocycles. The lowest BCUT2D eigenvalue weighted by Crippen LogP contribution is -2.27. The van der Waals surface area contributed by atoms with Crippen molar-refractivity contribution >= 4 is 15.9 Å². The Bertz CT molecular complexity index is 159. The summed E-state index contributed by atoms with van der Waals surface area (Å²) >= 11 is 3.63. The Kier molecular flexibility index (Phi) is 2.48. The monoisotopic (exact) mass is 232 g/mol. The highest BCUT2D eigenvalue weighted by molar-refractivity contribution is 9.09. The van der Waals surface area contributed by atoms with E-state index in [4.69, 9.17) is 4.74 Å². The van der Waals surface area contributed by atoms with Crippen molar-refractivity contribution in [3.8, 4) is 0 Å². The number of fused-ring (bicyclic) bond motifs is 1. The smallest absolute Gasteiger partial charge is 0.0530 e. The molecule has 70 valence electrons. The molecule has 0 saturated heterocycles. The second kappa shape index (κ2) is 3.30. The number of ether oxygens (including phenoxy) is 1. The molecule has 2 fully saturated rings. The molecular formula is C10H17BrO. The third-order valence-electron chi connectivity index (χ3n) is 3.36. The molecule has 2 aliphatic rings. The quantitative estimate of drug-likeness (QED) is 0.678. The molecular weight excluding hydrogens is 216 g/mol. The topological polar surface area (TPSA) is 9.23 Å². The average Bonchev–Trinajstić information content (AvgIpc) is 2.72. The van der Waals surface area contributed by atoms with Gasteiger partial charge in [-0.1, -0.05) is 15.9 Å². The van der Waals surface area contributed by atoms with Crippen LogP contribution < -0.4 is 0 Å². The fourth-order valence-electron chi connectivity index (χ4n) is 2.59. The van der Waals surface area contributed by atoms with Gasteiger partial charge in [0, 0.05) is 17.4 Å². The van der Waals surface area contributed by atoms with Gasteiger partial charge in [-0.25, -0.2) is 0 Å². The molecule has 1 nitrogen and oxygen atoms in total. The Hall–Kier alpha value is 0.440. The van der Waals surface area contributed by atoms with Crippen molar-refractivity contribution in [1.29, 1.82) is 0 Å². The molecule has 2 saturated carbocycles. The SMILES string of the molecule is CCOCC1(CBr)CC2CC2C1. The summed E-state index contributed by atoms with van der Waals surface area (Å²) in [7, 11) is 0. The molecule has 0 amide bonds. The van der Waals surface area contributed by atoms with Crippen molar-refractivity contribution in [2.24, 2.45) is 17.3 Å². The summed E-state index contributed by atoms with van der Waals surface area (Å²) in [6.07, 6.45) is 4.31. The number of hydrogen-bond acceptors (Lipinski definition) is 1. The van der Waals surface area contributed by atoms with Gasteiger partial charge in [0.05, 0.1) is 6.61 Å². The second-order valence-electron chi connectivity index (χ2n) is 4.43. The van der Waals surface area contributed by atoms with Crippen LogP contribution in [0.15, 0.2) is 0 Å². The molecule has 2 rings (SSSR count). The molecule has 2 atom stereocenters. The third-order valence-corrected chi connectivity index (χ3v) is 4.54. The van der Waals surface area contributed by atoms with Crippen molar-refractivity contribution in [3.63, 3.8) is 0 Å². The first-order chi connectivity index (χ1) is 5.79. The normalized spacial score (nSPS) is 44.5. The molecule has 0 aromatic carbocycles. The van der Waals surface area contributed by atoms with Crippen molar-refractivity contribution < 1.29 is 4.74 Å². The summed E-state index contributed by atoms with van der Waals surface area (Å²) < 4.78 is 5.55. The van der Waals surface area contributed by atoms with Crippen LogP contribution in [0.4, 0.5) is 0 Å². The summed E-state index contributed by atoms with van der Waals surface area (Å²) in [6.45, 7) is 3.92. The molecule has 0 heterocycles. The minimum absolute atomic E-state index is 0.504. The maximum Gasteiger partial charge on any atom is 0.0530 e. The van der Waals surface area contributed by atoms with E-state index in [9.17, 15) is 0 Å². The van der Waals surface area contributed by atoms with Gasteiger partial charge in [0.25, 0.3) is 0 Å². The Morgan fingerprint density at radius 3 is 2.58 bits per heavy atom. The number of halogens is 1. The fraction of sp³-hybridized carbons (Fsp3) is 1.00. The van der Waals surface area contributed by atoms with Crippen molar-refractivity contribution in [3.05, 3.63) is 0 Å². The maximum absolute atomic E-state index is 5.55. The zero-order chi connectivity index (χ0) is 8.60. The zero-order valence-corrected chi connectivity index (χ0v) is 9.27. The molecule has 0 aliphatic heterocycles. The van der Waals surface area contributed by atoms with Crippen molar-refractivity contribution in [2.75, 3.05) is 18.5 Å². The lowest BCUT2D eigenvalue weighted by atomic mass is 9.86. The largest absolute Gasteiger partial charge is 0.381 e. The first kappa shape index (κ1) is 9.01. The lowest BCUT2D eigenvalue weighted by Gasteiger charge is -2.27. The van der Waals surface area contributed by atoms with Gasteiger partial charge in [-0.2, -0.15) is 0 Å². The molecule has 0 spiro atoms. The summed E-state index contributed by atoms with van der Waals surface area (Å²) in [4.78, 5) is 0. The number of rotatable bonds is 4. The lowest BCUT2D eigenvalue weighted by molar-refractivity contribution is 0.0609. The molecule has 2 aliphatic carbocycles. The van der Waals surface area contributed by atoms with Crippen molar-refractivity contribution in [2.45, 2.75) is 26.2 Å². The Morgan fingerprint density at radius 1 is 1.42 bits per heavy atom. The first-order valence-corrected chi connectivity index (χ1v) is 6.05. The van der Waals surface area contributed by atoms with E-state index in [2.05, 4.69) is 22.9 Å². The van der Waals surface area contributed by atoms with Gasteiger partial charge in [0.15, 0.2) is 0 Å². The first-order valence-electron chi connectivity index (χ1n) is 4.93. The highest BCUT2D eigenvalue weighted by Gasteiger charge is 2.53. The molecule has 0 bridgehead atoms. The standard InChI is InChI=1S/C10H17BrO/c1-2-12-7-10(6-11)4-8-3-9(8)5-10/h8-9H,2-7H2,1H3. The van der Waals surface area contributed by atoms with Crippen LogP contribution in [0.2, 0.25) is 0 Å². The van der Waals surface area contributed by atoms with Gasteiger partial charge in [-0.05, 0) is 38.0 Å². The molecule has 2 heteroatoms. The predicted molar refractivity (Wildman–Crippen MR) is 53.6 cm³/mol. The van der Waals surface area contributed by atoms with Crippen LogP contribution in [0.3, 0.4) is 0 Å². The molecule has 0 aromatic rings. The molecule has 0 N–H and O–H groups in total. The van der Waals surface area contributed by atoms with E-state index in [0.29, 0.717) is 5.41 Å². The second-order valence-corrected chi connectivity index (χ2v) is 5.00. The van der Waals surface area contributed by atoms with E-state index < -0.39 is 0 Å². The van der Waals surface area contributed by atoms with E-state index in [1.165, 1.54) is 19.3 Å². The summed E-state index contributed by atoms with van der Waals surface area (Å²) in [5, 5.41) is 1.13. The van der Waals surface area contributed by atoms with Gasteiger partial charge >= 0.3 is 0 Å². The number of alkyl halides is 1. The summed E-state index contributed by atoms with van der Waals surface area (Å²) in [5.74, 6) is 2.12. The molecule has 2 unspecified atom stereocenters. The number of hydrogen-bond donors (Lipinski definition) is 0. The van der Waals surface area contributed by atoms with Crippen LogP contribution >= 0.6 is 15.9 Å². The van der Waals surface area contributed by atoms with Gasteiger partial charge in [0.1, 0.15) is 0 Å². The average molecular weight is 233 g/mol. The highest BCUT2D eigenvalue weighted by atomic mass is 79.9. The van der Waals surface area contributed by atoms with Crippen LogP contribution in [0.5, 0.6) is 0 Å². The summed E-state index contributed by atoms with van der Waals surface area (Å²) in [6, 6.07) is 0. The zero-order valence-electron chi connectivity index (χ0n) is 7.68. The van der Waals surface area contributed by atoms with Gasteiger partial charge in [-0.3, -0.25) is 0 Å². The Morgan fingerprint density at radius 2 is 2.08 bits per heavy atom. The molecule has 0 radical (unpaired) electrons. The minimum atomic E-state index is 0.504. The van der Waals surface area contributed by atoms with Crippen LogP contribution in [0.25, 0.3) is 0 Å². The molecule has 12 heavy (non-hydrogen) atoms. The Labute approximate surface area is 83.0 Å². The van der Waals surface area contributed by atoms with Crippen LogP contribution in [0, 0.1) is 17.3 Å². The van der Waals surface area contributed by atoms with E-state index in [1.54, 1.807) is 0 Å². The maximum atomic E-state index is 5.55. The van der Waals surface area contributed by atoms with E-state index >= 15 is 0 Å². The van der Waals surface area contributed by atoms with E-state index in [-0.39, 0.29) is 0 Å². The van der Waals surface area contributed by atoms with Crippen LogP contribution in [0.1, 0.15) is 26.2 Å². The van der Waals surface area contributed by atoms with Crippen molar-refractivity contribution in [1.82, 2.24) is 0 Å². The van der Waals surface area contributed by atoms with E-state index in [0.717, 1.165) is 30.4 Å². The Balaban J connectivity index is 1.87. The predicted octanol–water partition coefficient (Wildman–Crippen LogP) is 2.83. The van der Waals surface area contributed by atoms with Crippen LogP contribution in [-0.4, -0.2) is 18.5 Å². The van der Waals surface area contributed by atoms with E-state index in [1.807, 2.05) is 0 Å². The highest BCUT2D eigenvalue weighted by Crippen LogP contribution is 2.60. The minimum Gasteiger partial charge on any atom is -0.381 e.